The lowest BCUT2D eigenvalue weighted by molar-refractivity contribution is 1.05. The number of nitrogens with zero attached hydrogens (tertiary/aromatic N) is 3. The fourth-order valence-corrected chi connectivity index (χ4v) is 2.10. The number of aromatic amines is 1. The van der Waals surface area contributed by atoms with Crippen molar-refractivity contribution >= 4 is 23.2 Å². The third-order valence-corrected chi connectivity index (χ3v) is 3.02. The smallest absolute Gasteiger partial charge is 0.185 e. The van der Waals surface area contributed by atoms with Gasteiger partial charge in [0.1, 0.15) is 0 Å². The van der Waals surface area contributed by atoms with Crippen LogP contribution in [0.4, 0.5) is 0 Å². The highest BCUT2D eigenvalue weighted by molar-refractivity contribution is 5.81. The Morgan fingerprint density at radius 3 is 2.58 bits per heavy atom. The number of aryl methyl sites for hydroxylation is 2. The molecule has 2 heterocycles. The van der Waals surface area contributed by atoms with Crippen molar-refractivity contribution < 1.29 is 0 Å². The summed E-state index contributed by atoms with van der Waals surface area (Å²) in [5, 5.41) is 8.14. The Balaban J connectivity index is 2.00. The maximum absolute atomic E-state index is 4.49. The summed E-state index contributed by atoms with van der Waals surface area (Å²) in [7, 11) is 0. The molecule has 3 rings (SSSR count). The molecule has 0 aliphatic carbocycles. The fourth-order valence-electron chi connectivity index (χ4n) is 2.10. The first kappa shape index (κ1) is 11.6. The molecule has 0 unspecified atom stereocenters. The Kier molecular flexibility index (Phi) is 2.83. The van der Waals surface area contributed by atoms with Crippen molar-refractivity contribution in [1.82, 2.24) is 20.2 Å². The zero-order valence-corrected chi connectivity index (χ0v) is 10.9. The minimum atomic E-state index is 0.681. The molecule has 19 heavy (non-hydrogen) atoms. The van der Waals surface area contributed by atoms with Crippen LogP contribution in [-0.4, -0.2) is 20.2 Å². The van der Waals surface area contributed by atoms with E-state index in [2.05, 4.69) is 20.2 Å². The number of H-pyrrole nitrogens is 1. The zero-order chi connectivity index (χ0) is 13.2. The first-order valence-electron chi connectivity index (χ1n) is 6.16. The van der Waals surface area contributed by atoms with E-state index in [4.69, 9.17) is 0 Å². The highest BCUT2D eigenvalue weighted by atomic mass is 15.2. The van der Waals surface area contributed by atoms with Crippen LogP contribution in [0.25, 0.3) is 23.2 Å². The Labute approximate surface area is 111 Å². The standard InChI is InChI=1S/C15H14N4/c1-10-14-11(2)18-19-15(14)17-13(16-10)9-8-12-6-4-3-5-7-12/h3-9H,1-2H3,(H,16,17,18,19)/b9-8+. The molecule has 0 aliphatic rings. The van der Waals surface area contributed by atoms with Crippen molar-refractivity contribution in [3.8, 4) is 0 Å². The van der Waals surface area contributed by atoms with Crippen LogP contribution in [0.1, 0.15) is 22.8 Å². The summed E-state index contributed by atoms with van der Waals surface area (Å²) in [6.07, 6.45) is 3.91. The lowest BCUT2D eigenvalue weighted by Crippen LogP contribution is -1.92. The van der Waals surface area contributed by atoms with E-state index in [0.717, 1.165) is 28.0 Å². The topological polar surface area (TPSA) is 54.5 Å². The normalized spacial score (nSPS) is 11.5. The van der Waals surface area contributed by atoms with Crippen molar-refractivity contribution in [2.75, 3.05) is 0 Å². The van der Waals surface area contributed by atoms with Crippen LogP contribution in [0.5, 0.6) is 0 Å². The third-order valence-electron chi connectivity index (χ3n) is 3.02. The van der Waals surface area contributed by atoms with Crippen LogP contribution in [0, 0.1) is 13.8 Å². The maximum atomic E-state index is 4.49. The van der Waals surface area contributed by atoms with Gasteiger partial charge in [-0.3, -0.25) is 5.10 Å². The van der Waals surface area contributed by atoms with E-state index in [-0.39, 0.29) is 0 Å². The number of rotatable bonds is 2. The Morgan fingerprint density at radius 1 is 1.00 bits per heavy atom. The molecule has 94 valence electrons. The summed E-state index contributed by atoms with van der Waals surface area (Å²) in [5.74, 6) is 0.681. The van der Waals surface area contributed by atoms with Gasteiger partial charge in [0, 0.05) is 5.69 Å². The summed E-state index contributed by atoms with van der Waals surface area (Å²) < 4.78 is 0. The van der Waals surface area contributed by atoms with E-state index in [9.17, 15) is 0 Å². The van der Waals surface area contributed by atoms with Crippen molar-refractivity contribution in [3.05, 3.63) is 53.1 Å². The largest absolute Gasteiger partial charge is 0.280 e. The van der Waals surface area contributed by atoms with E-state index < -0.39 is 0 Å². The highest BCUT2D eigenvalue weighted by Crippen LogP contribution is 2.17. The molecule has 1 aromatic carbocycles. The van der Waals surface area contributed by atoms with Gasteiger partial charge in [-0.15, -0.1) is 0 Å². The van der Waals surface area contributed by atoms with Crippen molar-refractivity contribution in [3.63, 3.8) is 0 Å². The molecule has 2 aromatic heterocycles. The van der Waals surface area contributed by atoms with Gasteiger partial charge in [0.15, 0.2) is 11.5 Å². The molecule has 0 saturated heterocycles. The van der Waals surface area contributed by atoms with Crippen LogP contribution >= 0.6 is 0 Å². The number of aromatic nitrogens is 4. The van der Waals surface area contributed by atoms with Gasteiger partial charge in [-0.05, 0) is 25.5 Å². The van der Waals surface area contributed by atoms with Gasteiger partial charge >= 0.3 is 0 Å². The van der Waals surface area contributed by atoms with E-state index in [1.165, 1.54) is 0 Å². The molecule has 0 saturated carbocycles. The second-order valence-electron chi connectivity index (χ2n) is 4.46. The molecule has 0 amide bonds. The summed E-state index contributed by atoms with van der Waals surface area (Å²) in [6.45, 7) is 3.96. The van der Waals surface area contributed by atoms with E-state index in [0.29, 0.717) is 5.82 Å². The number of benzene rings is 1. The van der Waals surface area contributed by atoms with Gasteiger partial charge in [0.25, 0.3) is 0 Å². The van der Waals surface area contributed by atoms with E-state index in [1.807, 2.05) is 56.3 Å². The molecule has 4 nitrogen and oxygen atoms in total. The van der Waals surface area contributed by atoms with Crippen LogP contribution in [0.15, 0.2) is 30.3 Å². The van der Waals surface area contributed by atoms with Gasteiger partial charge in [-0.25, -0.2) is 9.97 Å². The second-order valence-corrected chi connectivity index (χ2v) is 4.46. The predicted octanol–water partition coefficient (Wildman–Crippen LogP) is 3.14. The summed E-state index contributed by atoms with van der Waals surface area (Å²) in [6, 6.07) is 10.1. The molecule has 4 heteroatoms. The summed E-state index contributed by atoms with van der Waals surface area (Å²) >= 11 is 0. The molecule has 0 fully saturated rings. The number of hydrogen-bond donors (Lipinski definition) is 1. The first-order chi connectivity index (χ1) is 9.24. The van der Waals surface area contributed by atoms with Gasteiger partial charge in [0.05, 0.1) is 11.1 Å². The number of hydrogen-bond acceptors (Lipinski definition) is 3. The lowest BCUT2D eigenvalue weighted by atomic mass is 10.2. The van der Waals surface area contributed by atoms with Gasteiger partial charge in [-0.1, -0.05) is 36.4 Å². The predicted molar refractivity (Wildman–Crippen MR) is 76.5 cm³/mol. The highest BCUT2D eigenvalue weighted by Gasteiger charge is 2.08. The van der Waals surface area contributed by atoms with Crippen molar-refractivity contribution in [1.29, 1.82) is 0 Å². The fraction of sp³-hybridized carbons (Fsp3) is 0.133. The van der Waals surface area contributed by atoms with Gasteiger partial charge in [-0.2, -0.15) is 5.10 Å². The average Bonchev–Trinajstić information content (AvgIpc) is 2.80. The maximum Gasteiger partial charge on any atom is 0.185 e. The first-order valence-corrected chi connectivity index (χ1v) is 6.16. The van der Waals surface area contributed by atoms with Crippen molar-refractivity contribution in [2.45, 2.75) is 13.8 Å². The molecule has 0 radical (unpaired) electrons. The molecule has 0 bridgehead atoms. The molecule has 1 N–H and O–H groups in total. The second kappa shape index (κ2) is 4.65. The summed E-state index contributed by atoms with van der Waals surface area (Å²) in [5.41, 5.74) is 3.80. The van der Waals surface area contributed by atoms with Crippen LogP contribution in [-0.2, 0) is 0 Å². The van der Waals surface area contributed by atoms with E-state index >= 15 is 0 Å². The minimum absolute atomic E-state index is 0.681. The van der Waals surface area contributed by atoms with Crippen LogP contribution in [0.2, 0.25) is 0 Å². The SMILES string of the molecule is Cc1nc(/C=C/c2ccccc2)nc2n[nH]c(C)c12. The Morgan fingerprint density at radius 2 is 1.79 bits per heavy atom. The van der Waals surface area contributed by atoms with Gasteiger partial charge < -0.3 is 0 Å². The van der Waals surface area contributed by atoms with E-state index in [1.54, 1.807) is 0 Å². The van der Waals surface area contributed by atoms with Crippen LogP contribution in [0.3, 0.4) is 0 Å². The monoisotopic (exact) mass is 250 g/mol. The minimum Gasteiger partial charge on any atom is -0.280 e. The average molecular weight is 250 g/mol. The summed E-state index contributed by atoms with van der Waals surface area (Å²) in [4.78, 5) is 8.92. The molecular weight excluding hydrogens is 236 g/mol. The molecule has 3 aromatic rings. The zero-order valence-electron chi connectivity index (χ0n) is 10.9. The third kappa shape index (κ3) is 2.25. The Bertz CT molecular complexity index is 741. The van der Waals surface area contributed by atoms with Crippen LogP contribution < -0.4 is 0 Å². The molecular formula is C15H14N4. The number of fused-ring (bicyclic) bond motifs is 1. The number of nitrogens with one attached hydrogen (secondary N) is 1. The lowest BCUT2D eigenvalue weighted by Gasteiger charge is -1.98. The van der Waals surface area contributed by atoms with Gasteiger partial charge in [0.2, 0.25) is 0 Å². The quantitative estimate of drug-likeness (QED) is 0.760. The molecule has 0 aliphatic heterocycles. The molecule has 0 atom stereocenters. The van der Waals surface area contributed by atoms with Crippen molar-refractivity contribution in [2.24, 2.45) is 0 Å². The Hall–Kier alpha value is -2.49. The molecule has 0 spiro atoms.